The van der Waals surface area contributed by atoms with Gasteiger partial charge in [-0.15, -0.1) is 0 Å². The van der Waals surface area contributed by atoms with E-state index in [0.717, 1.165) is 18.4 Å². The summed E-state index contributed by atoms with van der Waals surface area (Å²) in [6.07, 6.45) is 7.22. The molecule has 2 aliphatic rings. The van der Waals surface area contributed by atoms with E-state index in [0.29, 0.717) is 30.3 Å². The molecule has 6 heteroatoms. The van der Waals surface area contributed by atoms with Gasteiger partial charge >= 0.3 is 0 Å². The van der Waals surface area contributed by atoms with Crippen molar-refractivity contribution in [1.29, 1.82) is 0 Å². The lowest BCUT2D eigenvalue weighted by Gasteiger charge is -2.27. The summed E-state index contributed by atoms with van der Waals surface area (Å²) in [7, 11) is 0. The van der Waals surface area contributed by atoms with Crippen molar-refractivity contribution in [3.63, 3.8) is 0 Å². The molecule has 0 aromatic heterocycles. The van der Waals surface area contributed by atoms with Crippen LogP contribution in [0.5, 0.6) is 0 Å². The average Bonchev–Trinajstić information content (AvgIpc) is 3.03. The second kappa shape index (κ2) is 10.6. The third kappa shape index (κ3) is 5.81. The lowest BCUT2D eigenvalue weighted by Crippen LogP contribution is -2.38. The lowest BCUT2D eigenvalue weighted by atomic mass is 10.0. The van der Waals surface area contributed by atoms with Gasteiger partial charge < -0.3 is 15.5 Å². The number of amides is 3. The van der Waals surface area contributed by atoms with E-state index in [1.165, 1.54) is 25.7 Å². The molecule has 2 N–H and O–H groups in total. The van der Waals surface area contributed by atoms with E-state index in [1.54, 1.807) is 12.1 Å². The monoisotopic (exact) mass is 447 g/mol. The number of hydrogen-bond acceptors (Lipinski definition) is 3. The molecule has 1 aliphatic heterocycles. The fraction of sp³-hybridized carbons (Fsp3) is 0.444. The number of nitrogens with one attached hydrogen (secondary N) is 2. The summed E-state index contributed by atoms with van der Waals surface area (Å²) < 4.78 is 0. The van der Waals surface area contributed by atoms with Crippen molar-refractivity contribution in [2.24, 2.45) is 5.92 Å². The first-order valence-electron chi connectivity index (χ1n) is 12.1. The molecule has 2 unspecified atom stereocenters. The molecule has 0 radical (unpaired) electrons. The topological polar surface area (TPSA) is 78.5 Å². The standard InChI is InChI=1S/C27H33N3O3/c1-19(21-12-9-13-23(16-21)29-26(32)20-10-5-4-6-11-20)28-27(33)22-17-25(31)30(18-22)24-14-7-2-3-8-15-24/h4-6,9-13,16,19,22,24H,2-3,7-8,14-15,17-18H2,1H3,(H,28,33)(H,29,32). The van der Waals surface area contributed by atoms with Crippen molar-refractivity contribution in [3.05, 3.63) is 65.7 Å². The Morgan fingerprint density at radius 1 is 0.970 bits per heavy atom. The van der Waals surface area contributed by atoms with Crippen LogP contribution in [0.25, 0.3) is 0 Å². The number of anilines is 1. The molecule has 2 aromatic carbocycles. The number of hydrogen-bond donors (Lipinski definition) is 2. The zero-order valence-corrected chi connectivity index (χ0v) is 19.3. The van der Waals surface area contributed by atoms with Gasteiger partial charge in [-0.25, -0.2) is 0 Å². The van der Waals surface area contributed by atoms with Gasteiger partial charge in [0.15, 0.2) is 0 Å². The van der Waals surface area contributed by atoms with Crippen molar-refractivity contribution < 1.29 is 14.4 Å². The van der Waals surface area contributed by atoms with E-state index in [1.807, 2.05) is 54.3 Å². The molecule has 4 rings (SSSR count). The minimum absolute atomic E-state index is 0.0781. The maximum absolute atomic E-state index is 13.0. The number of benzene rings is 2. The van der Waals surface area contributed by atoms with Gasteiger partial charge in [0.2, 0.25) is 11.8 Å². The first kappa shape index (κ1) is 23.0. The molecule has 2 aromatic rings. The van der Waals surface area contributed by atoms with Crippen LogP contribution in [0.1, 0.15) is 73.8 Å². The Hall–Kier alpha value is -3.15. The van der Waals surface area contributed by atoms with Gasteiger partial charge in [0, 0.05) is 30.3 Å². The first-order chi connectivity index (χ1) is 16.0. The largest absolute Gasteiger partial charge is 0.349 e. The van der Waals surface area contributed by atoms with Gasteiger partial charge in [-0.3, -0.25) is 14.4 Å². The Balaban J connectivity index is 1.34. The van der Waals surface area contributed by atoms with E-state index >= 15 is 0 Å². The summed E-state index contributed by atoms with van der Waals surface area (Å²) in [4.78, 5) is 40.0. The predicted octanol–water partition coefficient (Wildman–Crippen LogP) is 4.69. The van der Waals surface area contributed by atoms with Gasteiger partial charge in [-0.2, -0.15) is 0 Å². The molecule has 2 fully saturated rings. The Morgan fingerprint density at radius 3 is 2.42 bits per heavy atom. The molecule has 0 bridgehead atoms. The van der Waals surface area contributed by atoms with Crippen LogP contribution in [0.15, 0.2) is 54.6 Å². The lowest BCUT2D eigenvalue weighted by molar-refractivity contribution is -0.130. The van der Waals surface area contributed by atoms with Gasteiger partial charge in [0.1, 0.15) is 0 Å². The fourth-order valence-corrected chi connectivity index (χ4v) is 4.92. The highest BCUT2D eigenvalue weighted by molar-refractivity contribution is 6.04. The quantitative estimate of drug-likeness (QED) is 0.631. The van der Waals surface area contributed by atoms with E-state index < -0.39 is 0 Å². The third-order valence-corrected chi connectivity index (χ3v) is 6.83. The molecule has 0 spiro atoms. The summed E-state index contributed by atoms with van der Waals surface area (Å²) >= 11 is 0. The molecule has 1 aliphatic carbocycles. The summed E-state index contributed by atoms with van der Waals surface area (Å²) in [5.74, 6) is -0.442. The van der Waals surface area contributed by atoms with Crippen molar-refractivity contribution in [3.8, 4) is 0 Å². The van der Waals surface area contributed by atoms with E-state index in [2.05, 4.69) is 10.6 Å². The second-order valence-corrected chi connectivity index (χ2v) is 9.27. The normalized spacial score (nSPS) is 20.2. The maximum atomic E-state index is 13.0. The van der Waals surface area contributed by atoms with E-state index in [9.17, 15) is 14.4 Å². The zero-order valence-electron chi connectivity index (χ0n) is 19.3. The van der Waals surface area contributed by atoms with Crippen LogP contribution in [0.3, 0.4) is 0 Å². The summed E-state index contributed by atoms with van der Waals surface area (Å²) in [6, 6.07) is 16.6. The molecule has 174 valence electrons. The van der Waals surface area contributed by atoms with Crippen LogP contribution in [-0.2, 0) is 9.59 Å². The summed E-state index contributed by atoms with van der Waals surface area (Å²) in [6.45, 7) is 2.45. The van der Waals surface area contributed by atoms with Gasteiger partial charge in [-0.05, 0) is 49.6 Å². The highest BCUT2D eigenvalue weighted by atomic mass is 16.2. The molecule has 6 nitrogen and oxygen atoms in total. The van der Waals surface area contributed by atoms with Gasteiger partial charge in [0.25, 0.3) is 5.91 Å². The van der Waals surface area contributed by atoms with Crippen molar-refractivity contribution in [2.75, 3.05) is 11.9 Å². The molecular weight excluding hydrogens is 414 g/mol. The van der Waals surface area contributed by atoms with Crippen LogP contribution in [0, 0.1) is 5.92 Å². The van der Waals surface area contributed by atoms with Crippen LogP contribution in [0.4, 0.5) is 5.69 Å². The molecule has 1 saturated carbocycles. The number of rotatable bonds is 6. The van der Waals surface area contributed by atoms with Crippen LogP contribution < -0.4 is 10.6 Å². The molecule has 1 saturated heterocycles. The first-order valence-corrected chi connectivity index (χ1v) is 12.1. The van der Waals surface area contributed by atoms with Crippen LogP contribution in [0.2, 0.25) is 0 Å². The average molecular weight is 448 g/mol. The zero-order chi connectivity index (χ0) is 23.2. The van der Waals surface area contributed by atoms with Crippen LogP contribution in [-0.4, -0.2) is 35.2 Å². The Morgan fingerprint density at radius 2 is 1.70 bits per heavy atom. The smallest absolute Gasteiger partial charge is 0.255 e. The van der Waals surface area contributed by atoms with Gasteiger partial charge in [0.05, 0.1) is 12.0 Å². The molecule has 3 amide bonds. The minimum atomic E-state index is -0.302. The second-order valence-electron chi connectivity index (χ2n) is 9.27. The molecule has 33 heavy (non-hydrogen) atoms. The third-order valence-electron chi connectivity index (χ3n) is 6.83. The molecular formula is C27H33N3O3. The van der Waals surface area contributed by atoms with E-state index in [-0.39, 0.29) is 29.7 Å². The SMILES string of the molecule is CC(NC(=O)C1CC(=O)N(C2CCCCCC2)C1)c1cccc(NC(=O)c2ccccc2)c1. The Bertz CT molecular complexity index is 983. The fourth-order valence-electron chi connectivity index (χ4n) is 4.92. The van der Waals surface area contributed by atoms with Gasteiger partial charge in [-0.1, -0.05) is 56.0 Å². The summed E-state index contributed by atoms with van der Waals surface area (Å²) in [5, 5.41) is 5.99. The van der Waals surface area contributed by atoms with Crippen molar-refractivity contribution in [2.45, 2.75) is 64.0 Å². The maximum Gasteiger partial charge on any atom is 0.255 e. The highest BCUT2D eigenvalue weighted by Crippen LogP contribution is 2.29. The number of likely N-dealkylation sites (tertiary alicyclic amines) is 1. The van der Waals surface area contributed by atoms with Crippen LogP contribution >= 0.6 is 0 Å². The van der Waals surface area contributed by atoms with E-state index in [4.69, 9.17) is 0 Å². The molecule has 2 atom stereocenters. The highest BCUT2D eigenvalue weighted by Gasteiger charge is 2.38. The predicted molar refractivity (Wildman–Crippen MR) is 129 cm³/mol. The minimum Gasteiger partial charge on any atom is -0.349 e. The molecule has 1 heterocycles. The number of carbonyl (C=O) groups is 3. The number of nitrogens with zero attached hydrogens (tertiary/aromatic N) is 1. The van der Waals surface area contributed by atoms with Crippen molar-refractivity contribution in [1.82, 2.24) is 10.2 Å². The Kier molecular flexibility index (Phi) is 7.43. The summed E-state index contributed by atoms with van der Waals surface area (Å²) in [5.41, 5.74) is 2.17. The Labute approximate surface area is 195 Å². The number of carbonyl (C=O) groups excluding carboxylic acids is 3. The van der Waals surface area contributed by atoms with Crippen molar-refractivity contribution >= 4 is 23.4 Å².